The monoisotopic (exact) mass is 416 g/mol. The largest absolute Gasteiger partial charge is 0.374 e. The van der Waals surface area contributed by atoms with Gasteiger partial charge in [-0.15, -0.1) is 0 Å². The third kappa shape index (κ3) is 5.03. The molecule has 6 heteroatoms. The van der Waals surface area contributed by atoms with Gasteiger partial charge in [0.1, 0.15) is 5.82 Å². The Balaban J connectivity index is 1.26. The van der Waals surface area contributed by atoms with Crippen LogP contribution >= 0.6 is 0 Å². The second-order valence-electron chi connectivity index (χ2n) is 8.41. The summed E-state index contributed by atoms with van der Waals surface area (Å²) in [6.45, 7) is 4.11. The number of anilines is 1. The highest BCUT2D eigenvalue weighted by atomic mass is 16.5. The number of hydrogen-bond acceptors (Lipinski definition) is 5. The van der Waals surface area contributed by atoms with E-state index in [4.69, 9.17) is 9.72 Å². The molecule has 31 heavy (non-hydrogen) atoms. The number of nitrogens with zero attached hydrogens (tertiary/aromatic N) is 2. The Bertz CT molecular complexity index is 1050. The fraction of sp³-hybridized carbons (Fsp3) is 0.360. The van der Waals surface area contributed by atoms with E-state index in [1.807, 2.05) is 36.4 Å². The molecule has 2 fully saturated rings. The topological polar surface area (TPSA) is 66.5 Å². The van der Waals surface area contributed by atoms with Crippen molar-refractivity contribution in [2.75, 3.05) is 31.6 Å². The Morgan fingerprint density at radius 2 is 1.90 bits per heavy atom. The van der Waals surface area contributed by atoms with Gasteiger partial charge in [0.05, 0.1) is 23.8 Å². The van der Waals surface area contributed by atoms with E-state index >= 15 is 0 Å². The predicted molar refractivity (Wildman–Crippen MR) is 122 cm³/mol. The molecule has 2 aliphatic rings. The summed E-state index contributed by atoms with van der Waals surface area (Å²) in [6.07, 6.45) is 2.21. The summed E-state index contributed by atoms with van der Waals surface area (Å²) in [5, 5.41) is 7.39. The predicted octanol–water partition coefficient (Wildman–Crippen LogP) is 3.44. The Morgan fingerprint density at radius 1 is 1.10 bits per heavy atom. The van der Waals surface area contributed by atoms with E-state index < -0.39 is 0 Å². The molecule has 5 rings (SSSR count). The van der Waals surface area contributed by atoms with E-state index in [1.165, 1.54) is 5.56 Å². The molecule has 0 bridgehead atoms. The van der Waals surface area contributed by atoms with Gasteiger partial charge in [0.15, 0.2) is 0 Å². The van der Waals surface area contributed by atoms with Crippen LogP contribution in [-0.4, -0.2) is 54.2 Å². The first-order valence-electron chi connectivity index (χ1n) is 11.1. The highest BCUT2D eigenvalue weighted by Gasteiger charge is 2.25. The zero-order valence-electron chi connectivity index (χ0n) is 17.6. The molecule has 1 atom stereocenters. The summed E-state index contributed by atoms with van der Waals surface area (Å²) in [6, 6.07) is 20.5. The van der Waals surface area contributed by atoms with Gasteiger partial charge in [0, 0.05) is 37.6 Å². The molecule has 2 aromatic carbocycles. The van der Waals surface area contributed by atoms with Crippen LogP contribution in [-0.2, 0) is 11.3 Å². The number of fused-ring (bicyclic) bond motifs is 1. The summed E-state index contributed by atoms with van der Waals surface area (Å²) in [5.41, 5.74) is 2.82. The molecule has 6 nitrogen and oxygen atoms in total. The van der Waals surface area contributed by atoms with E-state index in [1.54, 1.807) is 0 Å². The maximum atomic E-state index is 12.8. The minimum absolute atomic E-state index is 0.0212. The van der Waals surface area contributed by atoms with E-state index in [0.717, 1.165) is 50.0 Å². The highest BCUT2D eigenvalue weighted by Crippen LogP contribution is 2.24. The maximum Gasteiger partial charge on any atom is 0.252 e. The van der Waals surface area contributed by atoms with E-state index in [-0.39, 0.29) is 12.0 Å². The third-order valence-corrected chi connectivity index (χ3v) is 5.86. The van der Waals surface area contributed by atoms with Crippen molar-refractivity contribution in [1.29, 1.82) is 0 Å². The molecule has 0 radical (unpaired) electrons. The van der Waals surface area contributed by atoms with Gasteiger partial charge in [0.25, 0.3) is 5.91 Å². The number of benzene rings is 2. The number of para-hydroxylation sites is 1. The number of ether oxygens (including phenoxy) is 1. The lowest BCUT2D eigenvalue weighted by atomic mass is 10.1. The zero-order valence-corrected chi connectivity index (χ0v) is 17.6. The molecular weight excluding hydrogens is 388 g/mol. The van der Waals surface area contributed by atoms with Crippen molar-refractivity contribution in [1.82, 2.24) is 15.2 Å². The number of carbonyl (C=O) groups is 1. The number of pyridine rings is 1. The van der Waals surface area contributed by atoms with Crippen molar-refractivity contribution in [3.05, 3.63) is 71.8 Å². The van der Waals surface area contributed by atoms with Gasteiger partial charge < -0.3 is 15.4 Å². The molecule has 1 saturated carbocycles. The average molecular weight is 417 g/mol. The zero-order chi connectivity index (χ0) is 21.0. The molecule has 1 saturated heterocycles. The quantitative estimate of drug-likeness (QED) is 0.618. The summed E-state index contributed by atoms with van der Waals surface area (Å²) in [5.74, 6) is 0.690. The minimum Gasteiger partial charge on any atom is -0.374 e. The fourth-order valence-electron chi connectivity index (χ4n) is 4.05. The van der Waals surface area contributed by atoms with E-state index in [2.05, 4.69) is 39.8 Å². The van der Waals surface area contributed by atoms with Gasteiger partial charge in [-0.1, -0.05) is 48.5 Å². The second kappa shape index (κ2) is 9.04. The number of carbonyl (C=O) groups excluding carboxylic acids is 1. The van der Waals surface area contributed by atoms with E-state index in [9.17, 15) is 4.79 Å². The normalized spacial score (nSPS) is 19.3. The number of hydrogen-bond donors (Lipinski definition) is 2. The molecule has 1 aliphatic heterocycles. The van der Waals surface area contributed by atoms with Crippen molar-refractivity contribution < 1.29 is 9.53 Å². The summed E-state index contributed by atoms with van der Waals surface area (Å²) >= 11 is 0. The van der Waals surface area contributed by atoms with Crippen LogP contribution in [0.2, 0.25) is 0 Å². The van der Waals surface area contributed by atoms with Crippen LogP contribution in [0.3, 0.4) is 0 Å². The third-order valence-electron chi connectivity index (χ3n) is 5.86. The Morgan fingerprint density at radius 3 is 2.74 bits per heavy atom. The summed E-state index contributed by atoms with van der Waals surface area (Å²) in [7, 11) is 0. The number of amides is 1. The standard InChI is InChI=1S/C25H28N4O2/c30-25(27-19-10-11-19)22-14-24(28-23-9-5-4-8-21(22)23)26-15-20-17-29(12-13-31-20)16-18-6-2-1-3-7-18/h1-9,14,19-20H,10-13,15-17H2,(H,26,28)(H,27,30)/t20-/m1/s1. The van der Waals surface area contributed by atoms with Crippen LogP contribution in [0, 0.1) is 0 Å². The smallest absolute Gasteiger partial charge is 0.252 e. The summed E-state index contributed by atoms with van der Waals surface area (Å²) < 4.78 is 5.98. The number of rotatable bonds is 7. The molecule has 160 valence electrons. The van der Waals surface area contributed by atoms with Gasteiger partial charge in [-0.05, 0) is 30.5 Å². The molecule has 1 aliphatic carbocycles. The lowest BCUT2D eigenvalue weighted by Crippen LogP contribution is -2.44. The number of nitrogens with one attached hydrogen (secondary N) is 2. The molecule has 2 heterocycles. The first-order valence-corrected chi connectivity index (χ1v) is 11.1. The van der Waals surface area contributed by atoms with Crippen LogP contribution in [0.1, 0.15) is 28.8 Å². The van der Waals surface area contributed by atoms with Gasteiger partial charge in [-0.3, -0.25) is 9.69 Å². The average Bonchev–Trinajstić information content (AvgIpc) is 3.62. The van der Waals surface area contributed by atoms with Gasteiger partial charge in [-0.2, -0.15) is 0 Å². The Kier molecular flexibility index (Phi) is 5.82. The first-order chi connectivity index (χ1) is 15.2. The minimum atomic E-state index is -0.0212. The van der Waals surface area contributed by atoms with Crippen LogP contribution in [0.25, 0.3) is 10.9 Å². The first kappa shape index (κ1) is 20.0. The molecule has 1 aromatic heterocycles. The van der Waals surface area contributed by atoms with Crippen molar-refractivity contribution in [3.63, 3.8) is 0 Å². The van der Waals surface area contributed by atoms with Crippen molar-refractivity contribution in [2.45, 2.75) is 31.5 Å². The lowest BCUT2D eigenvalue weighted by Gasteiger charge is -2.33. The molecule has 3 aromatic rings. The van der Waals surface area contributed by atoms with Gasteiger partial charge in [0.2, 0.25) is 0 Å². The molecule has 1 amide bonds. The van der Waals surface area contributed by atoms with Gasteiger partial charge >= 0.3 is 0 Å². The summed E-state index contributed by atoms with van der Waals surface area (Å²) in [4.78, 5) is 19.9. The van der Waals surface area contributed by atoms with Crippen LogP contribution in [0.15, 0.2) is 60.7 Å². The molecule has 0 spiro atoms. The Hall–Kier alpha value is -2.96. The SMILES string of the molecule is O=C(NC1CC1)c1cc(NC[C@@H]2CN(Cc3ccccc3)CCO2)nc2ccccc12. The van der Waals surface area contributed by atoms with Crippen molar-refractivity contribution >= 4 is 22.6 Å². The fourth-order valence-corrected chi connectivity index (χ4v) is 4.05. The number of morpholine rings is 1. The molecule has 2 N–H and O–H groups in total. The van der Waals surface area contributed by atoms with Gasteiger partial charge in [-0.25, -0.2) is 4.98 Å². The second-order valence-corrected chi connectivity index (χ2v) is 8.41. The van der Waals surface area contributed by atoms with Crippen molar-refractivity contribution in [2.24, 2.45) is 0 Å². The highest BCUT2D eigenvalue weighted by molar-refractivity contribution is 6.07. The van der Waals surface area contributed by atoms with Crippen LogP contribution in [0.5, 0.6) is 0 Å². The molecule has 0 unspecified atom stereocenters. The van der Waals surface area contributed by atoms with E-state index in [0.29, 0.717) is 24.0 Å². The molecular formula is C25H28N4O2. The van der Waals surface area contributed by atoms with Crippen molar-refractivity contribution in [3.8, 4) is 0 Å². The maximum absolute atomic E-state index is 12.8. The van der Waals surface area contributed by atoms with Crippen LogP contribution in [0.4, 0.5) is 5.82 Å². The number of aromatic nitrogens is 1. The van der Waals surface area contributed by atoms with Crippen LogP contribution < -0.4 is 10.6 Å². The lowest BCUT2D eigenvalue weighted by molar-refractivity contribution is -0.0240. The Labute approximate surface area is 182 Å².